The van der Waals surface area contributed by atoms with Crippen LogP contribution in [0.3, 0.4) is 0 Å². The monoisotopic (exact) mass is 230 g/mol. The summed E-state index contributed by atoms with van der Waals surface area (Å²) in [5.74, 6) is 0.693. The molecule has 0 aliphatic heterocycles. The van der Waals surface area contributed by atoms with E-state index in [4.69, 9.17) is 10.5 Å². The largest absolute Gasteiger partial charge is 0.478 e. The zero-order valence-corrected chi connectivity index (χ0v) is 10.1. The van der Waals surface area contributed by atoms with E-state index in [1.54, 1.807) is 0 Å². The van der Waals surface area contributed by atoms with E-state index in [1.807, 2.05) is 30.3 Å². The van der Waals surface area contributed by atoms with Gasteiger partial charge >= 0.3 is 0 Å². The second-order valence-corrected chi connectivity index (χ2v) is 4.16. The Labute approximate surface area is 102 Å². The smallest absolute Gasteiger partial charge is 0.213 e. The zero-order valence-electron chi connectivity index (χ0n) is 10.1. The first-order chi connectivity index (χ1) is 8.29. The fraction of sp³-hybridized carbons (Fsp3) is 0.357. The summed E-state index contributed by atoms with van der Waals surface area (Å²) in [6.07, 6.45) is 3.48. The Bertz CT molecular complexity index is 497. The van der Waals surface area contributed by atoms with E-state index >= 15 is 0 Å². The van der Waals surface area contributed by atoms with E-state index in [-0.39, 0.29) is 0 Å². The number of anilines is 1. The van der Waals surface area contributed by atoms with Gasteiger partial charge in [-0.3, -0.25) is 0 Å². The van der Waals surface area contributed by atoms with Gasteiger partial charge in [-0.15, -0.1) is 0 Å². The lowest BCUT2D eigenvalue weighted by atomic mass is 10.2. The molecule has 2 N–H and O–H groups in total. The Morgan fingerprint density at radius 2 is 2.06 bits per heavy atom. The van der Waals surface area contributed by atoms with E-state index < -0.39 is 0 Å². The molecule has 3 nitrogen and oxygen atoms in total. The number of nitrogens with two attached hydrogens (primary N) is 1. The van der Waals surface area contributed by atoms with Gasteiger partial charge in [0, 0.05) is 17.1 Å². The van der Waals surface area contributed by atoms with Gasteiger partial charge in [0.05, 0.1) is 12.1 Å². The van der Waals surface area contributed by atoms with E-state index in [2.05, 4.69) is 11.9 Å². The average Bonchev–Trinajstić information content (AvgIpc) is 2.35. The van der Waals surface area contributed by atoms with Crippen LogP contribution in [0, 0.1) is 0 Å². The Morgan fingerprint density at radius 3 is 2.88 bits per heavy atom. The summed E-state index contributed by atoms with van der Waals surface area (Å²) >= 11 is 0. The SMILES string of the molecule is CCCCCOc1ccc2cc(N)ccc2n1. The predicted molar refractivity (Wildman–Crippen MR) is 71.2 cm³/mol. The number of ether oxygens (including phenoxy) is 1. The number of rotatable bonds is 5. The van der Waals surface area contributed by atoms with Crippen molar-refractivity contribution in [2.75, 3.05) is 12.3 Å². The number of hydrogen-bond acceptors (Lipinski definition) is 3. The van der Waals surface area contributed by atoms with Crippen molar-refractivity contribution < 1.29 is 4.74 Å². The van der Waals surface area contributed by atoms with Crippen molar-refractivity contribution in [1.82, 2.24) is 4.98 Å². The summed E-state index contributed by atoms with van der Waals surface area (Å²) in [7, 11) is 0. The highest BCUT2D eigenvalue weighted by Gasteiger charge is 1.99. The van der Waals surface area contributed by atoms with Crippen molar-refractivity contribution >= 4 is 16.6 Å². The van der Waals surface area contributed by atoms with Crippen LogP contribution in [-0.2, 0) is 0 Å². The van der Waals surface area contributed by atoms with Crippen LogP contribution < -0.4 is 10.5 Å². The van der Waals surface area contributed by atoms with E-state index in [0.29, 0.717) is 5.88 Å². The van der Waals surface area contributed by atoms with Crippen molar-refractivity contribution in [2.45, 2.75) is 26.2 Å². The van der Waals surface area contributed by atoms with Gasteiger partial charge in [0.1, 0.15) is 0 Å². The van der Waals surface area contributed by atoms with Crippen LogP contribution in [-0.4, -0.2) is 11.6 Å². The highest BCUT2D eigenvalue weighted by Crippen LogP contribution is 2.19. The van der Waals surface area contributed by atoms with Crippen LogP contribution in [0.25, 0.3) is 10.9 Å². The first kappa shape index (κ1) is 11.7. The quantitative estimate of drug-likeness (QED) is 0.632. The van der Waals surface area contributed by atoms with Crippen molar-refractivity contribution in [2.24, 2.45) is 0 Å². The summed E-state index contributed by atoms with van der Waals surface area (Å²) in [6.45, 7) is 2.92. The fourth-order valence-electron chi connectivity index (χ4n) is 1.73. The van der Waals surface area contributed by atoms with Gasteiger partial charge in [-0.1, -0.05) is 19.8 Å². The number of fused-ring (bicyclic) bond motifs is 1. The molecule has 0 unspecified atom stereocenters. The maximum Gasteiger partial charge on any atom is 0.213 e. The molecule has 1 aromatic carbocycles. The molecule has 1 aromatic heterocycles. The summed E-state index contributed by atoms with van der Waals surface area (Å²) in [6, 6.07) is 9.59. The van der Waals surface area contributed by atoms with Gasteiger partial charge < -0.3 is 10.5 Å². The maximum atomic E-state index is 5.72. The van der Waals surface area contributed by atoms with Crippen LogP contribution in [0.15, 0.2) is 30.3 Å². The molecule has 0 amide bonds. The predicted octanol–water partition coefficient (Wildman–Crippen LogP) is 3.39. The summed E-state index contributed by atoms with van der Waals surface area (Å²) < 4.78 is 5.60. The van der Waals surface area contributed by atoms with Gasteiger partial charge in [0.15, 0.2) is 0 Å². The third-order valence-corrected chi connectivity index (χ3v) is 2.69. The third kappa shape index (κ3) is 3.09. The van der Waals surface area contributed by atoms with Gasteiger partial charge in [-0.25, -0.2) is 4.98 Å². The molecule has 0 bridgehead atoms. The molecular weight excluding hydrogens is 212 g/mol. The maximum absolute atomic E-state index is 5.72. The molecule has 2 rings (SSSR count). The Morgan fingerprint density at radius 1 is 1.18 bits per heavy atom. The lowest BCUT2D eigenvalue weighted by Crippen LogP contribution is -1.99. The van der Waals surface area contributed by atoms with Crippen LogP contribution in [0.1, 0.15) is 26.2 Å². The number of nitrogen functional groups attached to an aromatic ring is 1. The normalized spacial score (nSPS) is 10.6. The number of aromatic nitrogens is 1. The number of hydrogen-bond donors (Lipinski definition) is 1. The number of nitrogens with zero attached hydrogens (tertiary/aromatic N) is 1. The van der Waals surface area contributed by atoms with Gasteiger partial charge in [0.2, 0.25) is 5.88 Å². The highest BCUT2D eigenvalue weighted by molar-refractivity contribution is 5.82. The molecule has 0 spiro atoms. The Hall–Kier alpha value is -1.77. The molecule has 3 heteroatoms. The van der Waals surface area contributed by atoms with Crippen molar-refractivity contribution in [3.8, 4) is 5.88 Å². The molecule has 0 atom stereocenters. The lowest BCUT2D eigenvalue weighted by Gasteiger charge is -2.06. The first-order valence-corrected chi connectivity index (χ1v) is 6.08. The van der Waals surface area contributed by atoms with Crippen molar-refractivity contribution in [1.29, 1.82) is 0 Å². The van der Waals surface area contributed by atoms with Gasteiger partial charge in [0.25, 0.3) is 0 Å². The molecule has 0 saturated heterocycles. The molecule has 0 saturated carbocycles. The number of unbranched alkanes of at least 4 members (excludes halogenated alkanes) is 2. The molecule has 0 aliphatic carbocycles. The fourth-order valence-corrected chi connectivity index (χ4v) is 1.73. The van der Waals surface area contributed by atoms with Gasteiger partial charge in [-0.05, 0) is 30.7 Å². The second-order valence-electron chi connectivity index (χ2n) is 4.16. The van der Waals surface area contributed by atoms with Crippen molar-refractivity contribution in [3.05, 3.63) is 30.3 Å². The minimum Gasteiger partial charge on any atom is -0.478 e. The lowest BCUT2D eigenvalue weighted by molar-refractivity contribution is 0.296. The number of benzene rings is 1. The standard InChI is InChI=1S/C14H18N2O/c1-2-3-4-9-17-14-8-5-11-10-12(15)6-7-13(11)16-14/h5-8,10H,2-4,9,15H2,1H3. The summed E-state index contributed by atoms with van der Waals surface area (Å²) in [5.41, 5.74) is 7.40. The molecule has 0 radical (unpaired) electrons. The van der Waals surface area contributed by atoms with E-state index in [0.717, 1.165) is 29.6 Å². The molecule has 90 valence electrons. The molecule has 17 heavy (non-hydrogen) atoms. The van der Waals surface area contributed by atoms with Crippen molar-refractivity contribution in [3.63, 3.8) is 0 Å². The molecule has 0 fully saturated rings. The van der Waals surface area contributed by atoms with Crippen LogP contribution in [0.5, 0.6) is 5.88 Å². The van der Waals surface area contributed by atoms with E-state index in [1.165, 1.54) is 12.8 Å². The van der Waals surface area contributed by atoms with Crippen LogP contribution >= 0.6 is 0 Å². The van der Waals surface area contributed by atoms with Crippen LogP contribution in [0.2, 0.25) is 0 Å². The minimum absolute atomic E-state index is 0.693. The van der Waals surface area contributed by atoms with Gasteiger partial charge in [-0.2, -0.15) is 0 Å². The molecule has 1 heterocycles. The Kier molecular flexibility index (Phi) is 3.81. The number of pyridine rings is 1. The average molecular weight is 230 g/mol. The first-order valence-electron chi connectivity index (χ1n) is 6.08. The molecule has 2 aromatic rings. The van der Waals surface area contributed by atoms with E-state index in [9.17, 15) is 0 Å². The zero-order chi connectivity index (χ0) is 12.1. The minimum atomic E-state index is 0.693. The summed E-state index contributed by atoms with van der Waals surface area (Å²) in [4.78, 5) is 4.44. The second kappa shape index (κ2) is 5.53. The molecule has 0 aliphatic rings. The molecular formula is C14H18N2O. The third-order valence-electron chi connectivity index (χ3n) is 2.69. The van der Waals surface area contributed by atoms with Crippen LogP contribution in [0.4, 0.5) is 5.69 Å². The Balaban J connectivity index is 2.07. The topological polar surface area (TPSA) is 48.1 Å². The summed E-state index contributed by atoms with van der Waals surface area (Å²) in [5, 5.41) is 1.05. The highest BCUT2D eigenvalue weighted by atomic mass is 16.5.